The summed E-state index contributed by atoms with van der Waals surface area (Å²) in [5, 5.41) is 2.83. The number of carbonyl (C=O) groups excluding carboxylic acids is 2. The SMILES string of the molecule is CCCC(=O)NC1CC(=O)N(c2cccc(F)c2)C1. The fourth-order valence-electron chi connectivity index (χ4n) is 2.22. The largest absolute Gasteiger partial charge is 0.351 e. The Bertz CT molecular complexity index is 490. The summed E-state index contributed by atoms with van der Waals surface area (Å²) < 4.78 is 13.1. The molecule has 1 aliphatic rings. The highest BCUT2D eigenvalue weighted by atomic mass is 19.1. The maximum absolute atomic E-state index is 13.1. The van der Waals surface area contributed by atoms with Crippen molar-refractivity contribution in [3.05, 3.63) is 30.1 Å². The number of hydrogen-bond donors (Lipinski definition) is 1. The Morgan fingerprint density at radius 3 is 3.00 bits per heavy atom. The molecular formula is C14H17FN2O2. The molecule has 0 spiro atoms. The number of carbonyl (C=O) groups is 2. The molecule has 4 nitrogen and oxygen atoms in total. The van der Waals surface area contributed by atoms with E-state index in [0.717, 1.165) is 6.42 Å². The van der Waals surface area contributed by atoms with E-state index in [9.17, 15) is 14.0 Å². The first-order valence-corrected chi connectivity index (χ1v) is 6.45. The first kappa shape index (κ1) is 13.5. The highest BCUT2D eigenvalue weighted by molar-refractivity contribution is 5.96. The molecule has 1 unspecified atom stereocenters. The number of halogens is 1. The molecule has 102 valence electrons. The van der Waals surface area contributed by atoms with Gasteiger partial charge in [0.2, 0.25) is 11.8 Å². The van der Waals surface area contributed by atoms with Gasteiger partial charge in [-0.2, -0.15) is 0 Å². The molecule has 1 atom stereocenters. The first-order chi connectivity index (χ1) is 9.10. The summed E-state index contributed by atoms with van der Waals surface area (Å²) >= 11 is 0. The summed E-state index contributed by atoms with van der Waals surface area (Å²) in [6.45, 7) is 2.33. The molecule has 19 heavy (non-hydrogen) atoms. The van der Waals surface area contributed by atoms with E-state index >= 15 is 0 Å². The summed E-state index contributed by atoms with van der Waals surface area (Å²) in [5.41, 5.74) is 0.539. The highest BCUT2D eigenvalue weighted by Gasteiger charge is 2.31. The average Bonchev–Trinajstić information content (AvgIpc) is 2.70. The quantitative estimate of drug-likeness (QED) is 0.902. The van der Waals surface area contributed by atoms with Crippen LogP contribution in [0.1, 0.15) is 26.2 Å². The molecule has 1 saturated heterocycles. The number of benzene rings is 1. The molecule has 1 N–H and O–H groups in total. The number of nitrogens with one attached hydrogen (secondary N) is 1. The lowest BCUT2D eigenvalue weighted by Gasteiger charge is -2.17. The lowest BCUT2D eigenvalue weighted by molar-refractivity contribution is -0.121. The van der Waals surface area contributed by atoms with Crippen LogP contribution in [0.3, 0.4) is 0 Å². The maximum atomic E-state index is 13.1. The number of rotatable bonds is 4. The van der Waals surface area contributed by atoms with Crippen molar-refractivity contribution >= 4 is 17.5 Å². The van der Waals surface area contributed by atoms with Gasteiger partial charge in [0.1, 0.15) is 5.82 Å². The summed E-state index contributed by atoms with van der Waals surface area (Å²) in [6, 6.07) is 5.74. The van der Waals surface area contributed by atoms with E-state index in [4.69, 9.17) is 0 Å². The van der Waals surface area contributed by atoms with Crippen LogP contribution < -0.4 is 10.2 Å². The van der Waals surface area contributed by atoms with Crippen LogP contribution in [0, 0.1) is 5.82 Å². The maximum Gasteiger partial charge on any atom is 0.229 e. The first-order valence-electron chi connectivity index (χ1n) is 6.45. The van der Waals surface area contributed by atoms with Gasteiger partial charge in [-0.3, -0.25) is 9.59 Å². The molecule has 1 heterocycles. The topological polar surface area (TPSA) is 49.4 Å². The Hall–Kier alpha value is -1.91. The van der Waals surface area contributed by atoms with Crippen LogP contribution in [0.5, 0.6) is 0 Å². The average molecular weight is 264 g/mol. The van der Waals surface area contributed by atoms with Gasteiger partial charge in [0.15, 0.2) is 0 Å². The molecule has 2 amide bonds. The van der Waals surface area contributed by atoms with Gasteiger partial charge in [0, 0.05) is 25.1 Å². The normalized spacial score (nSPS) is 18.7. The minimum atomic E-state index is -0.372. The fourth-order valence-corrected chi connectivity index (χ4v) is 2.22. The van der Waals surface area contributed by atoms with Gasteiger partial charge < -0.3 is 10.2 Å². The zero-order chi connectivity index (χ0) is 13.8. The Balaban J connectivity index is 2.01. The van der Waals surface area contributed by atoms with Gasteiger partial charge in [-0.05, 0) is 24.6 Å². The smallest absolute Gasteiger partial charge is 0.229 e. The second-order valence-corrected chi connectivity index (χ2v) is 4.70. The predicted molar refractivity (Wildman–Crippen MR) is 70.2 cm³/mol. The van der Waals surface area contributed by atoms with Crippen LogP contribution in [0.25, 0.3) is 0 Å². The van der Waals surface area contributed by atoms with Crippen LogP contribution in [0.2, 0.25) is 0 Å². The zero-order valence-electron chi connectivity index (χ0n) is 10.9. The highest BCUT2D eigenvalue weighted by Crippen LogP contribution is 2.22. The van der Waals surface area contributed by atoms with Gasteiger partial charge in [0.05, 0.1) is 6.04 Å². The number of anilines is 1. The summed E-state index contributed by atoms with van der Waals surface area (Å²) in [5.74, 6) is -0.502. The second-order valence-electron chi connectivity index (χ2n) is 4.70. The van der Waals surface area contributed by atoms with Gasteiger partial charge in [-0.1, -0.05) is 13.0 Å². The molecule has 1 aromatic rings. The van der Waals surface area contributed by atoms with Gasteiger partial charge >= 0.3 is 0 Å². The van der Waals surface area contributed by atoms with E-state index in [1.54, 1.807) is 12.1 Å². The molecule has 0 aromatic heterocycles. The number of hydrogen-bond acceptors (Lipinski definition) is 2. The fraction of sp³-hybridized carbons (Fsp3) is 0.429. The van der Waals surface area contributed by atoms with Crippen molar-refractivity contribution in [2.24, 2.45) is 0 Å². The molecule has 0 radical (unpaired) electrons. The van der Waals surface area contributed by atoms with E-state index in [0.29, 0.717) is 18.7 Å². The third kappa shape index (κ3) is 3.30. The van der Waals surface area contributed by atoms with E-state index in [1.807, 2.05) is 6.92 Å². The Morgan fingerprint density at radius 2 is 2.32 bits per heavy atom. The van der Waals surface area contributed by atoms with Crippen LogP contribution >= 0.6 is 0 Å². The van der Waals surface area contributed by atoms with Crippen molar-refractivity contribution in [2.75, 3.05) is 11.4 Å². The molecule has 1 fully saturated rings. The van der Waals surface area contributed by atoms with Crippen LogP contribution in [-0.4, -0.2) is 24.4 Å². The zero-order valence-corrected chi connectivity index (χ0v) is 10.9. The molecule has 1 aliphatic heterocycles. The van der Waals surface area contributed by atoms with Crippen LogP contribution in [0.4, 0.5) is 10.1 Å². The second kappa shape index (κ2) is 5.82. The van der Waals surface area contributed by atoms with Crippen molar-refractivity contribution in [2.45, 2.75) is 32.2 Å². The van der Waals surface area contributed by atoms with Crippen LogP contribution in [0.15, 0.2) is 24.3 Å². The Kier molecular flexibility index (Phi) is 4.14. The van der Waals surface area contributed by atoms with Crippen molar-refractivity contribution < 1.29 is 14.0 Å². The summed E-state index contributed by atoms with van der Waals surface area (Å²) in [4.78, 5) is 24.9. The molecule has 2 rings (SSSR count). The van der Waals surface area contributed by atoms with Crippen molar-refractivity contribution in [1.82, 2.24) is 5.32 Å². The standard InChI is InChI=1S/C14H17FN2O2/c1-2-4-13(18)16-11-8-14(19)17(9-11)12-6-3-5-10(15)7-12/h3,5-7,11H,2,4,8-9H2,1H3,(H,16,18). The van der Waals surface area contributed by atoms with Gasteiger partial charge in [-0.25, -0.2) is 4.39 Å². The van der Waals surface area contributed by atoms with Gasteiger partial charge in [-0.15, -0.1) is 0 Å². The lowest BCUT2D eigenvalue weighted by Crippen LogP contribution is -2.36. The summed E-state index contributed by atoms with van der Waals surface area (Å²) in [6.07, 6.45) is 1.51. The van der Waals surface area contributed by atoms with E-state index < -0.39 is 0 Å². The molecule has 0 bridgehead atoms. The molecule has 1 aromatic carbocycles. The Morgan fingerprint density at radius 1 is 1.53 bits per heavy atom. The van der Waals surface area contributed by atoms with Crippen molar-refractivity contribution in [1.29, 1.82) is 0 Å². The van der Waals surface area contributed by atoms with Crippen LogP contribution in [-0.2, 0) is 9.59 Å². The molecule has 0 aliphatic carbocycles. The summed E-state index contributed by atoms with van der Waals surface area (Å²) in [7, 11) is 0. The van der Waals surface area contributed by atoms with E-state index in [2.05, 4.69) is 5.32 Å². The van der Waals surface area contributed by atoms with Gasteiger partial charge in [0.25, 0.3) is 0 Å². The minimum Gasteiger partial charge on any atom is -0.351 e. The van der Waals surface area contributed by atoms with E-state index in [1.165, 1.54) is 17.0 Å². The third-order valence-corrected chi connectivity index (χ3v) is 3.09. The van der Waals surface area contributed by atoms with E-state index in [-0.39, 0.29) is 30.1 Å². The molecule has 5 heteroatoms. The lowest BCUT2D eigenvalue weighted by atomic mass is 10.2. The Labute approximate surface area is 111 Å². The third-order valence-electron chi connectivity index (χ3n) is 3.09. The number of nitrogens with zero attached hydrogens (tertiary/aromatic N) is 1. The monoisotopic (exact) mass is 264 g/mol. The number of amides is 2. The molecule has 0 saturated carbocycles. The van der Waals surface area contributed by atoms with Crippen molar-refractivity contribution in [3.63, 3.8) is 0 Å². The molecular weight excluding hydrogens is 247 g/mol. The van der Waals surface area contributed by atoms with Crippen molar-refractivity contribution in [3.8, 4) is 0 Å². The minimum absolute atomic E-state index is 0.0404. The predicted octanol–water partition coefficient (Wildman–Crippen LogP) is 1.85.